The van der Waals surface area contributed by atoms with Crippen LogP contribution in [0.25, 0.3) is 0 Å². The van der Waals surface area contributed by atoms with E-state index in [4.69, 9.17) is 4.74 Å². The number of Topliss-reactive ketones (excluding diaryl/α,β-unsaturated/α-hetero) is 1. The molecule has 0 saturated carbocycles. The van der Waals surface area contributed by atoms with Crippen molar-refractivity contribution < 1.29 is 14.4 Å². The largest absolute Gasteiger partial charge is 0.487 e. The second-order valence-electron chi connectivity index (χ2n) is 4.33. The predicted octanol–water partition coefficient (Wildman–Crippen LogP) is 1.58. The third-order valence-electron chi connectivity index (χ3n) is 3.22. The molecule has 0 unspecified atom stereocenters. The lowest BCUT2D eigenvalue weighted by Gasteiger charge is -2.16. The van der Waals surface area contributed by atoms with Crippen LogP contribution in [0.5, 0.6) is 5.75 Å². The van der Waals surface area contributed by atoms with E-state index in [2.05, 4.69) is 13.8 Å². The number of likely N-dealkylation sites (N-methyl/N-ethyl adjacent to an activating group) is 1. The Morgan fingerprint density at radius 1 is 1.17 bits per heavy atom. The molecule has 3 nitrogen and oxygen atoms in total. The number of benzene rings is 1. The standard InChI is InChI=1S/C15H23NO2/c1-4-14(17)13-9-7-8-10-15(13)18-12-11-16(5-2)6-3/h7-10H,4-6,11-12H2,1-3H3/p+1. The van der Waals surface area contributed by atoms with Gasteiger partial charge < -0.3 is 9.64 Å². The van der Waals surface area contributed by atoms with Crippen LogP contribution < -0.4 is 9.64 Å². The second-order valence-corrected chi connectivity index (χ2v) is 4.33. The normalized spacial score (nSPS) is 10.7. The van der Waals surface area contributed by atoms with Gasteiger partial charge in [-0.3, -0.25) is 4.79 Å². The van der Waals surface area contributed by atoms with E-state index < -0.39 is 0 Å². The fraction of sp³-hybridized carbons (Fsp3) is 0.533. The minimum Gasteiger partial charge on any atom is -0.487 e. The summed E-state index contributed by atoms with van der Waals surface area (Å²) in [5.41, 5.74) is 0.703. The molecule has 0 saturated heterocycles. The van der Waals surface area contributed by atoms with Gasteiger partial charge in [-0.1, -0.05) is 19.1 Å². The van der Waals surface area contributed by atoms with Gasteiger partial charge in [0.25, 0.3) is 0 Å². The average molecular weight is 250 g/mol. The van der Waals surface area contributed by atoms with Crippen molar-refractivity contribution in [3.8, 4) is 5.75 Å². The van der Waals surface area contributed by atoms with Gasteiger partial charge >= 0.3 is 0 Å². The first kappa shape index (κ1) is 14.7. The molecule has 100 valence electrons. The second kappa shape index (κ2) is 7.88. The van der Waals surface area contributed by atoms with Crippen molar-refractivity contribution in [2.24, 2.45) is 0 Å². The Bertz CT molecular complexity index is 373. The molecule has 0 heterocycles. The summed E-state index contributed by atoms with van der Waals surface area (Å²) in [6.45, 7) is 10.1. The first-order valence-electron chi connectivity index (χ1n) is 6.81. The molecule has 3 heteroatoms. The first-order chi connectivity index (χ1) is 8.72. The van der Waals surface area contributed by atoms with Gasteiger partial charge in [-0.15, -0.1) is 0 Å². The zero-order valence-electron chi connectivity index (χ0n) is 11.7. The van der Waals surface area contributed by atoms with Crippen LogP contribution in [0, 0.1) is 0 Å². The number of para-hydroxylation sites is 1. The van der Waals surface area contributed by atoms with Crippen molar-refractivity contribution in [3.63, 3.8) is 0 Å². The maximum Gasteiger partial charge on any atom is 0.166 e. The molecule has 0 radical (unpaired) electrons. The topological polar surface area (TPSA) is 30.7 Å². The molecule has 18 heavy (non-hydrogen) atoms. The number of hydrogen-bond donors (Lipinski definition) is 1. The fourth-order valence-electron chi connectivity index (χ4n) is 1.92. The smallest absolute Gasteiger partial charge is 0.166 e. The van der Waals surface area contributed by atoms with Gasteiger partial charge in [0.2, 0.25) is 0 Å². The Morgan fingerprint density at radius 2 is 1.83 bits per heavy atom. The lowest BCUT2D eigenvalue weighted by atomic mass is 10.1. The van der Waals surface area contributed by atoms with E-state index in [0.29, 0.717) is 18.6 Å². The maximum atomic E-state index is 11.8. The Morgan fingerprint density at radius 3 is 2.44 bits per heavy atom. The first-order valence-corrected chi connectivity index (χ1v) is 6.81. The molecular weight excluding hydrogens is 226 g/mol. The van der Waals surface area contributed by atoms with Crippen molar-refractivity contribution in [2.75, 3.05) is 26.2 Å². The van der Waals surface area contributed by atoms with E-state index >= 15 is 0 Å². The molecule has 0 atom stereocenters. The number of quaternary nitrogens is 1. The van der Waals surface area contributed by atoms with Crippen LogP contribution in [0.1, 0.15) is 37.6 Å². The third-order valence-corrected chi connectivity index (χ3v) is 3.22. The SMILES string of the molecule is CCC(=O)c1ccccc1OCC[NH+](CC)CC. The van der Waals surface area contributed by atoms with Crippen LogP contribution in [0.15, 0.2) is 24.3 Å². The minimum atomic E-state index is 0.140. The summed E-state index contributed by atoms with van der Waals surface area (Å²) in [5.74, 6) is 0.858. The monoisotopic (exact) mass is 250 g/mol. The zero-order chi connectivity index (χ0) is 13.4. The molecular formula is C15H24NO2+. The third kappa shape index (κ3) is 4.15. The number of hydrogen-bond acceptors (Lipinski definition) is 2. The molecule has 1 rings (SSSR count). The van der Waals surface area contributed by atoms with Gasteiger partial charge in [0.05, 0.1) is 18.7 Å². The van der Waals surface area contributed by atoms with Crippen molar-refractivity contribution in [3.05, 3.63) is 29.8 Å². The molecule has 0 aliphatic rings. The van der Waals surface area contributed by atoms with Crippen LogP contribution in [-0.2, 0) is 0 Å². The van der Waals surface area contributed by atoms with Crippen LogP contribution >= 0.6 is 0 Å². The van der Waals surface area contributed by atoms with Crippen LogP contribution in [-0.4, -0.2) is 32.0 Å². The van der Waals surface area contributed by atoms with E-state index in [1.54, 1.807) is 0 Å². The van der Waals surface area contributed by atoms with Crippen molar-refractivity contribution in [1.29, 1.82) is 0 Å². The van der Waals surface area contributed by atoms with Crippen molar-refractivity contribution >= 4 is 5.78 Å². The predicted molar refractivity (Wildman–Crippen MR) is 73.5 cm³/mol. The molecule has 1 aromatic carbocycles. The summed E-state index contributed by atoms with van der Waals surface area (Å²) in [6, 6.07) is 7.50. The number of nitrogens with one attached hydrogen (secondary N) is 1. The summed E-state index contributed by atoms with van der Waals surface area (Å²) in [5, 5.41) is 0. The highest BCUT2D eigenvalue weighted by molar-refractivity contribution is 5.98. The highest BCUT2D eigenvalue weighted by atomic mass is 16.5. The van der Waals surface area contributed by atoms with Crippen LogP contribution in [0.2, 0.25) is 0 Å². The molecule has 0 amide bonds. The van der Waals surface area contributed by atoms with Gasteiger partial charge in [-0.05, 0) is 26.0 Å². The Balaban J connectivity index is 2.59. The Kier molecular flexibility index (Phi) is 6.44. The number of ketones is 1. The lowest BCUT2D eigenvalue weighted by molar-refractivity contribution is -0.896. The van der Waals surface area contributed by atoms with E-state index in [-0.39, 0.29) is 5.78 Å². The molecule has 1 aromatic rings. The van der Waals surface area contributed by atoms with Gasteiger partial charge in [0.1, 0.15) is 18.9 Å². The quantitative estimate of drug-likeness (QED) is 0.710. The molecule has 0 bridgehead atoms. The molecule has 0 aliphatic heterocycles. The van der Waals surface area contributed by atoms with Gasteiger partial charge in [-0.25, -0.2) is 0 Å². The molecule has 0 aliphatic carbocycles. The number of carbonyl (C=O) groups is 1. The summed E-state index contributed by atoms with van der Waals surface area (Å²) in [6.07, 6.45) is 0.516. The Labute approximate surface area is 110 Å². The molecule has 0 fully saturated rings. The maximum absolute atomic E-state index is 11.8. The summed E-state index contributed by atoms with van der Waals surface area (Å²) < 4.78 is 5.75. The molecule has 0 spiro atoms. The summed E-state index contributed by atoms with van der Waals surface area (Å²) in [7, 11) is 0. The van der Waals surface area contributed by atoms with E-state index in [1.165, 1.54) is 4.90 Å². The zero-order valence-corrected chi connectivity index (χ0v) is 11.7. The highest BCUT2D eigenvalue weighted by Gasteiger charge is 2.10. The van der Waals surface area contributed by atoms with E-state index in [0.717, 1.165) is 25.4 Å². The van der Waals surface area contributed by atoms with Crippen molar-refractivity contribution in [1.82, 2.24) is 0 Å². The Hall–Kier alpha value is -1.35. The minimum absolute atomic E-state index is 0.140. The average Bonchev–Trinajstić information content (AvgIpc) is 2.43. The van der Waals surface area contributed by atoms with Gasteiger partial charge in [-0.2, -0.15) is 0 Å². The number of ether oxygens (including phenoxy) is 1. The number of carbonyl (C=O) groups excluding carboxylic acids is 1. The van der Waals surface area contributed by atoms with E-state index in [9.17, 15) is 4.79 Å². The summed E-state index contributed by atoms with van der Waals surface area (Å²) in [4.78, 5) is 13.3. The van der Waals surface area contributed by atoms with Crippen LogP contribution in [0.3, 0.4) is 0 Å². The van der Waals surface area contributed by atoms with Crippen molar-refractivity contribution in [2.45, 2.75) is 27.2 Å². The van der Waals surface area contributed by atoms with Crippen LogP contribution in [0.4, 0.5) is 0 Å². The molecule has 0 aromatic heterocycles. The number of rotatable bonds is 8. The van der Waals surface area contributed by atoms with E-state index in [1.807, 2.05) is 31.2 Å². The fourth-order valence-corrected chi connectivity index (χ4v) is 1.92. The van der Waals surface area contributed by atoms with Gasteiger partial charge in [0.15, 0.2) is 5.78 Å². The molecule has 1 N–H and O–H groups in total. The van der Waals surface area contributed by atoms with Gasteiger partial charge in [0, 0.05) is 6.42 Å². The lowest BCUT2D eigenvalue weighted by Crippen LogP contribution is -3.12. The highest BCUT2D eigenvalue weighted by Crippen LogP contribution is 2.19. The summed E-state index contributed by atoms with van der Waals surface area (Å²) >= 11 is 0.